The van der Waals surface area contributed by atoms with Crippen molar-refractivity contribution in [3.8, 4) is 17.2 Å². The summed E-state index contributed by atoms with van der Waals surface area (Å²) in [5.41, 5.74) is 0.881. The molecule has 0 atom stereocenters. The first-order valence-electron chi connectivity index (χ1n) is 11.7. The molecule has 0 spiro atoms. The number of furan rings is 1. The predicted molar refractivity (Wildman–Crippen MR) is 134 cm³/mol. The van der Waals surface area contributed by atoms with Gasteiger partial charge in [0.2, 0.25) is 12.7 Å². The molecule has 3 aromatic rings. The number of fused-ring (bicyclic) bond motifs is 1. The van der Waals surface area contributed by atoms with Gasteiger partial charge in [-0.3, -0.25) is 9.59 Å². The van der Waals surface area contributed by atoms with Gasteiger partial charge in [0.15, 0.2) is 18.1 Å². The van der Waals surface area contributed by atoms with Gasteiger partial charge in [0.25, 0.3) is 5.91 Å². The molecule has 0 fully saturated rings. The maximum absolute atomic E-state index is 13.5. The number of halogens is 1. The molecule has 0 bridgehead atoms. The standard InChI is InChI=1S/C27H29ClN2O6/c1-19(2)13-29(27(32)17-34-22-8-6-21(28)7-9-22)16-26(31)30(15-23-4-3-11-33-23)14-20-5-10-24-25(12-20)36-18-35-24/h3-12,19H,13-18H2,1-2H3. The van der Waals surface area contributed by atoms with Gasteiger partial charge in [-0.05, 0) is 60.0 Å². The first-order chi connectivity index (χ1) is 17.4. The second-order valence-corrected chi connectivity index (χ2v) is 9.36. The van der Waals surface area contributed by atoms with Crippen molar-refractivity contribution in [3.05, 3.63) is 77.2 Å². The molecule has 9 heteroatoms. The largest absolute Gasteiger partial charge is 0.484 e. The van der Waals surface area contributed by atoms with Crippen LogP contribution >= 0.6 is 11.6 Å². The number of carbonyl (C=O) groups excluding carboxylic acids is 2. The number of hydrogen-bond acceptors (Lipinski definition) is 6. The topological polar surface area (TPSA) is 81.5 Å². The van der Waals surface area contributed by atoms with Crippen LogP contribution in [0.25, 0.3) is 0 Å². The third-order valence-electron chi connectivity index (χ3n) is 5.53. The van der Waals surface area contributed by atoms with Crippen molar-refractivity contribution in [1.29, 1.82) is 0 Å². The minimum atomic E-state index is -0.270. The van der Waals surface area contributed by atoms with Crippen LogP contribution in [0.1, 0.15) is 25.2 Å². The van der Waals surface area contributed by atoms with Gasteiger partial charge in [-0.15, -0.1) is 0 Å². The van der Waals surface area contributed by atoms with E-state index in [1.54, 1.807) is 41.5 Å². The average Bonchev–Trinajstić information content (AvgIpc) is 3.54. The van der Waals surface area contributed by atoms with E-state index in [1.807, 2.05) is 38.1 Å². The molecule has 4 rings (SSSR count). The SMILES string of the molecule is CC(C)CN(CC(=O)N(Cc1ccc2c(c1)OCO2)Cc1ccco1)C(=O)COc1ccc(Cl)cc1. The highest BCUT2D eigenvalue weighted by atomic mass is 35.5. The maximum atomic E-state index is 13.5. The molecule has 2 aromatic carbocycles. The Morgan fingerprint density at radius 3 is 2.47 bits per heavy atom. The maximum Gasteiger partial charge on any atom is 0.260 e. The van der Waals surface area contributed by atoms with Crippen LogP contribution in [0.5, 0.6) is 17.2 Å². The Kier molecular flexibility index (Phi) is 8.38. The molecule has 0 radical (unpaired) electrons. The molecule has 36 heavy (non-hydrogen) atoms. The molecule has 0 N–H and O–H groups in total. The summed E-state index contributed by atoms with van der Waals surface area (Å²) >= 11 is 5.91. The first kappa shape index (κ1) is 25.4. The molecule has 8 nitrogen and oxygen atoms in total. The Bertz CT molecular complexity index is 1160. The van der Waals surface area contributed by atoms with Gasteiger partial charge >= 0.3 is 0 Å². The summed E-state index contributed by atoms with van der Waals surface area (Å²) in [7, 11) is 0. The summed E-state index contributed by atoms with van der Waals surface area (Å²) < 4.78 is 22.0. The molecule has 0 aliphatic carbocycles. The Labute approximate surface area is 215 Å². The second kappa shape index (κ2) is 11.9. The Balaban J connectivity index is 1.46. The van der Waals surface area contributed by atoms with Gasteiger partial charge < -0.3 is 28.4 Å². The third kappa shape index (κ3) is 6.95. The molecular formula is C27H29ClN2O6. The minimum Gasteiger partial charge on any atom is -0.484 e. The highest BCUT2D eigenvalue weighted by Gasteiger charge is 2.24. The number of amides is 2. The van der Waals surface area contributed by atoms with Crippen molar-refractivity contribution in [2.75, 3.05) is 26.5 Å². The minimum absolute atomic E-state index is 0.0771. The van der Waals surface area contributed by atoms with Crippen molar-refractivity contribution >= 4 is 23.4 Å². The highest BCUT2D eigenvalue weighted by molar-refractivity contribution is 6.30. The van der Waals surface area contributed by atoms with Crippen molar-refractivity contribution in [2.24, 2.45) is 5.92 Å². The monoisotopic (exact) mass is 512 g/mol. The third-order valence-corrected chi connectivity index (χ3v) is 5.78. The van der Waals surface area contributed by atoms with Crippen LogP contribution in [0, 0.1) is 5.92 Å². The van der Waals surface area contributed by atoms with Crippen LogP contribution in [-0.2, 0) is 22.7 Å². The van der Waals surface area contributed by atoms with E-state index >= 15 is 0 Å². The molecule has 2 amide bonds. The number of carbonyl (C=O) groups is 2. The summed E-state index contributed by atoms with van der Waals surface area (Å²) in [5, 5.41) is 0.583. The van der Waals surface area contributed by atoms with Crippen molar-refractivity contribution < 1.29 is 28.2 Å². The van der Waals surface area contributed by atoms with E-state index in [-0.39, 0.29) is 44.2 Å². The lowest BCUT2D eigenvalue weighted by molar-refractivity contribution is -0.142. The predicted octanol–water partition coefficient (Wildman–Crippen LogP) is 4.75. The van der Waals surface area contributed by atoms with Gasteiger partial charge in [0, 0.05) is 18.1 Å². The Hall–Kier alpha value is -3.65. The van der Waals surface area contributed by atoms with Gasteiger partial charge in [-0.25, -0.2) is 0 Å². The van der Waals surface area contributed by atoms with Gasteiger partial charge in [-0.1, -0.05) is 31.5 Å². The van der Waals surface area contributed by atoms with Crippen LogP contribution < -0.4 is 14.2 Å². The van der Waals surface area contributed by atoms with Gasteiger partial charge in [-0.2, -0.15) is 0 Å². The molecule has 0 saturated carbocycles. The van der Waals surface area contributed by atoms with E-state index in [9.17, 15) is 9.59 Å². The summed E-state index contributed by atoms with van der Waals surface area (Å²) in [5.74, 6) is 2.20. The van der Waals surface area contributed by atoms with E-state index in [0.29, 0.717) is 41.1 Å². The van der Waals surface area contributed by atoms with Crippen molar-refractivity contribution in [2.45, 2.75) is 26.9 Å². The molecule has 1 aliphatic rings. The number of nitrogens with zero attached hydrogens (tertiary/aromatic N) is 2. The number of rotatable bonds is 11. The number of hydrogen-bond donors (Lipinski definition) is 0. The molecule has 0 unspecified atom stereocenters. The lowest BCUT2D eigenvalue weighted by Gasteiger charge is -2.28. The Morgan fingerprint density at radius 2 is 1.75 bits per heavy atom. The summed E-state index contributed by atoms with van der Waals surface area (Å²) in [6.45, 7) is 4.93. The average molecular weight is 513 g/mol. The van der Waals surface area contributed by atoms with Crippen LogP contribution in [0.3, 0.4) is 0 Å². The van der Waals surface area contributed by atoms with Crippen molar-refractivity contribution in [1.82, 2.24) is 9.80 Å². The first-order valence-corrected chi connectivity index (χ1v) is 12.1. The zero-order chi connectivity index (χ0) is 25.5. The zero-order valence-corrected chi connectivity index (χ0v) is 21.1. The fourth-order valence-corrected chi connectivity index (χ4v) is 3.93. The summed E-state index contributed by atoms with van der Waals surface area (Å²) in [6, 6.07) is 16.0. The number of ether oxygens (including phenoxy) is 3. The van der Waals surface area contributed by atoms with Crippen LogP contribution in [0.2, 0.25) is 5.02 Å². The quantitative estimate of drug-likeness (QED) is 0.368. The summed E-state index contributed by atoms with van der Waals surface area (Å²) in [4.78, 5) is 29.7. The fourth-order valence-electron chi connectivity index (χ4n) is 3.81. The lowest BCUT2D eigenvalue weighted by Crippen LogP contribution is -2.45. The van der Waals surface area contributed by atoms with E-state index in [4.69, 9.17) is 30.2 Å². The zero-order valence-electron chi connectivity index (χ0n) is 20.3. The van der Waals surface area contributed by atoms with Crippen LogP contribution in [0.4, 0.5) is 0 Å². The van der Waals surface area contributed by atoms with Crippen LogP contribution in [-0.4, -0.2) is 48.1 Å². The highest BCUT2D eigenvalue weighted by Crippen LogP contribution is 2.33. The van der Waals surface area contributed by atoms with E-state index < -0.39 is 0 Å². The number of benzene rings is 2. The van der Waals surface area contributed by atoms with E-state index in [2.05, 4.69) is 0 Å². The molecular weight excluding hydrogens is 484 g/mol. The molecule has 1 aromatic heterocycles. The molecule has 2 heterocycles. The van der Waals surface area contributed by atoms with E-state index in [0.717, 1.165) is 5.56 Å². The molecule has 190 valence electrons. The molecule has 0 saturated heterocycles. The van der Waals surface area contributed by atoms with Crippen LogP contribution in [0.15, 0.2) is 65.3 Å². The lowest BCUT2D eigenvalue weighted by atomic mass is 10.1. The Morgan fingerprint density at radius 1 is 0.972 bits per heavy atom. The normalized spacial score (nSPS) is 12.0. The van der Waals surface area contributed by atoms with Gasteiger partial charge in [0.1, 0.15) is 11.5 Å². The smallest absolute Gasteiger partial charge is 0.260 e. The summed E-state index contributed by atoms with van der Waals surface area (Å²) in [6.07, 6.45) is 1.57. The van der Waals surface area contributed by atoms with E-state index in [1.165, 1.54) is 4.90 Å². The van der Waals surface area contributed by atoms with Crippen molar-refractivity contribution in [3.63, 3.8) is 0 Å². The molecule has 1 aliphatic heterocycles. The second-order valence-electron chi connectivity index (χ2n) is 8.93. The van der Waals surface area contributed by atoms with Gasteiger partial charge in [0.05, 0.1) is 19.4 Å². The fraction of sp³-hybridized carbons (Fsp3) is 0.333.